The Labute approximate surface area is 114 Å². The van der Waals surface area contributed by atoms with Crippen molar-refractivity contribution in [3.63, 3.8) is 0 Å². The fraction of sp³-hybridized carbons (Fsp3) is 0.308. The zero-order valence-corrected chi connectivity index (χ0v) is 10.5. The molecule has 0 saturated heterocycles. The van der Waals surface area contributed by atoms with Gasteiger partial charge in [-0.1, -0.05) is 12.1 Å². The molecular formula is C13H13FN4O2. The van der Waals surface area contributed by atoms with E-state index in [1.54, 1.807) is 12.1 Å². The van der Waals surface area contributed by atoms with Crippen molar-refractivity contribution in [1.82, 2.24) is 14.8 Å². The Morgan fingerprint density at radius 2 is 2.30 bits per heavy atom. The van der Waals surface area contributed by atoms with E-state index in [9.17, 15) is 14.3 Å². The van der Waals surface area contributed by atoms with E-state index in [0.29, 0.717) is 18.8 Å². The van der Waals surface area contributed by atoms with Crippen molar-refractivity contribution in [2.45, 2.75) is 24.8 Å². The SMILES string of the molecule is Nc1nc2n(n1)CC(c1cccc(F)c1)CC2C(=O)O. The van der Waals surface area contributed by atoms with Gasteiger partial charge in [0.05, 0.1) is 6.54 Å². The minimum atomic E-state index is -0.972. The quantitative estimate of drug-likeness (QED) is 0.863. The highest BCUT2D eigenvalue weighted by Crippen LogP contribution is 2.36. The maximum absolute atomic E-state index is 13.3. The van der Waals surface area contributed by atoms with Crippen molar-refractivity contribution in [1.29, 1.82) is 0 Å². The molecule has 1 aromatic heterocycles. The molecule has 2 atom stereocenters. The molecule has 2 unspecified atom stereocenters. The summed E-state index contributed by atoms with van der Waals surface area (Å²) in [6.07, 6.45) is 0.358. The molecule has 1 aromatic carbocycles. The van der Waals surface area contributed by atoms with Crippen molar-refractivity contribution < 1.29 is 14.3 Å². The Hall–Kier alpha value is -2.44. The second kappa shape index (κ2) is 4.59. The minimum absolute atomic E-state index is 0.0612. The Kier molecular flexibility index (Phi) is 2.89. The van der Waals surface area contributed by atoms with Gasteiger partial charge in [-0.15, -0.1) is 5.10 Å². The highest BCUT2D eigenvalue weighted by molar-refractivity contribution is 5.75. The van der Waals surface area contributed by atoms with Crippen LogP contribution in [0.1, 0.15) is 29.6 Å². The molecule has 3 N–H and O–H groups in total. The van der Waals surface area contributed by atoms with Gasteiger partial charge >= 0.3 is 5.97 Å². The van der Waals surface area contributed by atoms with Crippen LogP contribution in [-0.2, 0) is 11.3 Å². The lowest BCUT2D eigenvalue weighted by molar-refractivity contribution is -0.139. The van der Waals surface area contributed by atoms with Crippen LogP contribution in [0.2, 0.25) is 0 Å². The van der Waals surface area contributed by atoms with Crippen LogP contribution in [0, 0.1) is 5.82 Å². The summed E-state index contributed by atoms with van der Waals surface area (Å²) in [5.41, 5.74) is 6.29. The third-order valence-corrected chi connectivity index (χ3v) is 3.56. The molecular weight excluding hydrogens is 263 g/mol. The largest absolute Gasteiger partial charge is 0.481 e. The summed E-state index contributed by atoms with van der Waals surface area (Å²) in [4.78, 5) is 15.3. The molecule has 20 heavy (non-hydrogen) atoms. The highest BCUT2D eigenvalue weighted by atomic mass is 19.1. The average molecular weight is 276 g/mol. The van der Waals surface area contributed by atoms with E-state index in [-0.39, 0.29) is 17.7 Å². The number of carboxylic acids is 1. The number of aromatic nitrogens is 3. The number of anilines is 1. The van der Waals surface area contributed by atoms with Crippen molar-refractivity contribution in [3.8, 4) is 0 Å². The fourth-order valence-electron chi connectivity index (χ4n) is 2.65. The molecule has 0 amide bonds. The van der Waals surface area contributed by atoms with E-state index in [1.807, 2.05) is 0 Å². The number of halogens is 1. The number of hydrogen-bond acceptors (Lipinski definition) is 4. The second-order valence-corrected chi connectivity index (χ2v) is 4.89. The number of aliphatic carboxylic acids is 1. The number of nitrogen functional groups attached to an aromatic ring is 1. The molecule has 1 aliphatic heterocycles. The van der Waals surface area contributed by atoms with Gasteiger partial charge in [0.2, 0.25) is 5.95 Å². The van der Waals surface area contributed by atoms with Crippen molar-refractivity contribution >= 4 is 11.9 Å². The van der Waals surface area contributed by atoms with Crippen LogP contribution in [0.25, 0.3) is 0 Å². The van der Waals surface area contributed by atoms with Gasteiger partial charge < -0.3 is 10.8 Å². The summed E-state index contributed by atoms with van der Waals surface area (Å²) in [5, 5.41) is 13.3. The van der Waals surface area contributed by atoms with Crippen LogP contribution >= 0.6 is 0 Å². The molecule has 2 heterocycles. The Morgan fingerprint density at radius 1 is 1.50 bits per heavy atom. The van der Waals surface area contributed by atoms with E-state index < -0.39 is 11.9 Å². The monoisotopic (exact) mass is 276 g/mol. The van der Waals surface area contributed by atoms with E-state index in [0.717, 1.165) is 5.56 Å². The van der Waals surface area contributed by atoms with E-state index in [4.69, 9.17) is 5.73 Å². The molecule has 104 valence electrons. The summed E-state index contributed by atoms with van der Waals surface area (Å²) in [5.74, 6) is -1.78. The standard InChI is InChI=1S/C13H13FN4O2/c14-9-3-1-2-7(4-9)8-5-10(12(19)20)11-16-13(15)17-18(11)6-8/h1-4,8,10H,5-6H2,(H2,15,17)(H,19,20). The first-order chi connectivity index (χ1) is 9.54. The van der Waals surface area contributed by atoms with E-state index in [1.165, 1.54) is 16.8 Å². The average Bonchev–Trinajstić information content (AvgIpc) is 2.77. The zero-order chi connectivity index (χ0) is 14.3. The first-order valence-electron chi connectivity index (χ1n) is 6.23. The summed E-state index contributed by atoms with van der Waals surface area (Å²) in [6, 6.07) is 6.19. The number of carbonyl (C=O) groups is 1. The minimum Gasteiger partial charge on any atom is -0.481 e. The molecule has 0 spiro atoms. The maximum Gasteiger partial charge on any atom is 0.314 e. The normalized spacial score (nSPS) is 21.4. The molecule has 0 radical (unpaired) electrons. The molecule has 0 aliphatic carbocycles. The van der Waals surface area contributed by atoms with Crippen LogP contribution in [0.15, 0.2) is 24.3 Å². The predicted octanol–water partition coefficient (Wildman–Crippen LogP) is 1.36. The molecule has 6 nitrogen and oxygen atoms in total. The van der Waals surface area contributed by atoms with Crippen LogP contribution in [0.3, 0.4) is 0 Å². The number of nitrogens with two attached hydrogens (primary N) is 1. The number of rotatable bonds is 2. The van der Waals surface area contributed by atoms with Gasteiger partial charge in [-0.2, -0.15) is 4.98 Å². The van der Waals surface area contributed by atoms with Crippen LogP contribution < -0.4 is 5.73 Å². The van der Waals surface area contributed by atoms with Crippen molar-refractivity contribution in [3.05, 3.63) is 41.5 Å². The third kappa shape index (κ3) is 2.11. The molecule has 2 aromatic rings. The molecule has 7 heteroatoms. The molecule has 1 aliphatic rings. The van der Waals surface area contributed by atoms with Crippen LogP contribution in [0.4, 0.5) is 10.3 Å². The lowest BCUT2D eigenvalue weighted by Gasteiger charge is -2.27. The van der Waals surface area contributed by atoms with Gasteiger partial charge in [-0.05, 0) is 24.1 Å². The predicted molar refractivity (Wildman–Crippen MR) is 68.6 cm³/mol. The Morgan fingerprint density at radius 3 is 3.00 bits per heavy atom. The first-order valence-corrected chi connectivity index (χ1v) is 6.23. The second-order valence-electron chi connectivity index (χ2n) is 4.89. The molecule has 0 saturated carbocycles. The van der Waals surface area contributed by atoms with E-state index >= 15 is 0 Å². The first kappa shape index (κ1) is 12.6. The molecule has 0 bridgehead atoms. The van der Waals surface area contributed by atoms with Gasteiger partial charge in [0, 0.05) is 5.92 Å². The molecule has 0 fully saturated rings. The number of hydrogen-bond donors (Lipinski definition) is 2. The Bertz CT molecular complexity index is 670. The van der Waals surface area contributed by atoms with Crippen LogP contribution in [0.5, 0.6) is 0 Å². The van der Waals surface area contributed by atoms with Gasteiger partial charge in [0.25, 0.3) is 0 Å². The molecule has 3 rings (SSSR count). The van der Waals surface area contributed by atoms with Gasteiger partial charge in [0.1, 0.15) is 17.6 Å². The van der Waals surface area contributed by atoms with Crippen molar-refractivity contribution in [2.75, 3.05) is 5.73 Å². The summed E-state index contributed by atoms with van der Waals surface area (Å²) >= 11 is 0. The number of fused-ring (bicyclic) bond motifs is 1. The maximum atomic E-state index is 13.3. The third-order valence-electron chi connectivity index (χ3n) is 3.56. The van der Waals surface area contributed by atoms with Crippen LogP contribution in [-0.4, -0.2) is 25.8 Å². The van der Waals surface area contributed by atoms with Gasteiger partial charge in [0.15, 0.2) is 0 Å². The lowest BCUT2D eigenvalue weighted by Crippen LogP contribution is -2.28. The smallest absolute Gasteiger partial charge is 0.314 e. The zero-order valence-electron chi connectivity index (χ0n) is 10.5. The van der Waals surface area contributed by atoms with Crippen molar-refractivity contribution in [2.24, 2.45) is 0 Å². The number of nitrogens with zero attached hydrogens (tertiary/aromatic N) is 3. The number of carboxylic acid groups (broad SMARTS) is 1. The fourth-order valence-corrected chi connectivity index (χ4v) is 2.65. The van der Waals surface area contributed by atoms with Gasteiger partial charge in [-0.3, -0.25) is 4.79 Å². The lowest BCUT2D eigenvalue weighted by atomic mass is 9.85. The topological polar surface area (TPSA) is 94.0 Å². The Balaban J connectivity index is 1.99. The highest BCUT2D eigenvalue weighted by Gasteiger charge is 2.35. The summed E-state index contributed by atoms with van der Waals surface area (Å²) in [7, 11) is 0. The number of benzene rings is 1. The van der Waals surface area contributed by atoms with Gasteiger partial charge in [-0.25, -0.2) is 9.07 Å². The summed E-state index contributed by atoms with van der Waals surface area (Å²) < 4.78 is 14.8. The van der Waals surface area contributed by atoms with E-state index in [2.05, 4.69) is 10.1 Å². The summed E-state index contributed by atoms with van der Waals surface area (Å²) in [6.45, 7) is 0.451.